The summed E-state index contributed by atoms with van der Waals surface area (Å²) in [6, 6.07) is 7.44. The van der Waals surface area contributed by atoms with Crippen LogP contribution in [-0.4, -0.2) is 15.8 Å². The molecule has 0 amide bonds. The number of nitrogens with zero attached hydrogens (tertiary/aromatic N) is 2. The van der Waals surface area contributed by atoms with Crippen LogP contribution in [0.4, 0.5) is 0 Å². The summed E-state index contributed by atoms with van der Waals surface area (Å²) in [6.45, 7) is 0. The van der Waals surface area contributed by atoms with Crippen molar-refractivity contribution in [1.29, 1.82) is 0 Å². The molecule has 2 aromatic rings. The zero-order valence-corrected chi connectivity index (χ0v) is 9.88. The molecule has 0 saturated carbocycles. The molecule has 4 heteroatoms. The van der Waals surface area contributed by atoms with E-state index < -0.39 is 0 Å². The molecule has 74 valence electrons. The minimum atomic E-state index is -0.0471. The lowest BCUT2D eigenvalue weighted by Gasteiger charge is -2.00. The van der Waals surface area contributed by atoms with Crippen molar-refractivity contribution >= 4 is 28.4 Å². The fraction of sp³-hybridized carbons (Fsp3) is 0. The predicted molar refractivity (Wildman–Crippen MR) is 64.6 cm³/mol. The number of aromatic nitrogens is 2. The van der Waals surface area contributed by atoms with Gasteiger partial charge in [-0.2, -0.15) is 0 Å². The second-order valence-corrected chi connectivity index (χ2v) is 4.21. The van der Waals surface area contributed by atoms with Gasteiger partial charge < -0.3 is 0 Å². The average Bonchev–Trinajstić information content (AvgIpc) is 2.29. The minimum Gasteiger partial charge on any atom is -0.288 e. The Morgan fingerprint density at radius 3 is 2.53 bits per heavy atom. The highest BCUT2D eigenvalue weighted by molar-refractivity contribution is 14.1. The minimum absolute atomic E-state index is 0.0471. The molecule has 0 bridgehead atoms. The molecule has 2 rings (SSSR count). The second-order valence-electron chi connectivity index (χ2n) is 2.97. The van der Waals surface area contributed by atoms with Crippen LogP contribution in [0, 0.1) is 3.57 Å². The van der Waals surface area contributed by atoms with Gasteiger partial charge in [-0.05, 0) is 34.7 Å². The lowest BCUT2D eigenvalue weighted by molar-refractivity contribution is 0.103. The maximum Gasteiger partial charge on any atom is 0.196 e. The molecule has 0 aliphatic heterocycles. The van der Waals surface area contributed by atoms with Crippen LogP contribution < -0.4 is 0 Å². The Kier molecular flexibility index (Phi) is 3.05. The van der Waals surface area contributed by atoms with E-state index in [1.165, 1.54) is 18.7 Å². The van der Waals surface area contributed by atoms with E-state index in [1.807, 2.05) is 18.2 Å². The largest absolute Gasteiger partial charge is 0.288 e. The number of benzene rings is 1. The van der Waals surface area contributed by atoms with Gasteiger partial charge in [-0.25, -0.2) is 9.97 Å². The lowest BCUT2D eigenvalue weighted by atomic mass is 10.1. The molecule has 0 unspecified atom stereocenters. The van der Waals surface area contributed by atoms with Crippen molar-refractivity contribution in [1.82, 2.24) is 9.97 Å². The Bertz CT molecular complexity index is 485. The lowest BCUT2D eigenvalue weighted by Crippen LogP contribution is -2.02. The number of ketones is 1. The van der Waals surface area contributed by atoms with Crippen molar-refractivity contribution in [3.05, 3.63) is 57.7 Å². The highest BCUT2D eigenvalue weighted by atomic mass is 127. The number of hydrogen-bond donors (Lipinski definition) is 0. The molecular formula is C11H7IN2O. The van der Waals surface area contributed by atoms with Crippen molar-refractivity contribution in [2.75, 3.05) is 0 Å². The van der Waals surface area contributed by atoms with Gasteiger partial charge >= 0.3 is 0 Å². The third-order valence-electron chi connectivity index (χ3n) is 1.91. The van der Waals surface area contributed by atoms with Crippen LogP contribution in [-0.2, 0) is 0 Å². The summed E-state index contributed by atoms with van der Waals surface area (Å²) in [4.78, 5) is 19.6. The molecule has 0 radical (unpaired) electrons. The standard InChI is InChI=1S/C11H7IN2O/c12-10-3-1-2-8(4-10)11(15)9-5-13-7-14-6-9/h1-7H. The van der Waals surface area contributed by atoms with E-state index in [1.54, 1.807) is 6.07 Å². The van der Waals surface area contributed by atoms with Crippen LogP contribution in [0.1, 0.15) is 15.9 Å². The van der Waals surface area contributed by atoms with Gasteiger partial charge in [0.15, 0.2) is 5.78 Å². The number of rotatable bonds is 2. The summed E-state index contributed by atoms with van der Waals surface area (Å²) in [5.41, 5.74) is 1.18. The number of carbonyl (C=O) groups is 1. The molecule has 0 atom stereocenters. The van der Waals surface area contributed by atoms with Crippen molar-refractivity contribution in [3.63, 3.8) is 0 Å². The highest BCUT2D eigenvalue weighted by Crippen LogP contribution is 2.11. The Morgan fingerprint density at radius 1 is 1.13 bits per heavy atom. The fourth-order valence-corrected chi connectivity index (χ4v) is 1.76. The van der Waals surface area contributed by atoms with Crippen LogP contribution in [0.2, 0.25) is 0 Å². The molecule has 1 heterocycles. The number of carbonyl (C=O) groups excluding carboxylic acids is 1. The first-order valence-corrected chi connectivity index (χ1v) is 5.40. The number of hydrogen-bond acceptors (Lipinski definition) is 3. The first-order valence-electron chi connectivity index (χ1n) is 4.32. The summed E-state index contributed by atoms with van der Waals surface area (Å²) < 4.78 is 1.04. The summed E-state index contributed by atoms with van der Waals surface area (Å²) in [7, 11) is 0. The van der Waals surface area contributed by atoms with E-state index in [9.17, 15) is 4.79 Å². The van der Waals surface area contributed by atoms with Gasteiger partial charge in [-0.3, -0.25) is 4.79 Å². The molecule has 0 aliphatic carbocycles. The van der Waals surface area contributed by atoms with E-state index in [0.717, 1.165) is 3.57 Å². The quantitative estimate of drug-likeness (QED) is 0.631. The van der Waals surface area contributed by atoms with Crippen LogP contribution in [0.15, 0.2) is 43.0 Å². The second kappa shape index (κ2) is 4.48. The summed E-state index contributed by atoms with van der Waals surface area (Å²) in [5, 5.41) is 0. The van der Waals surface area contributed by atoms with Gasteiger partial charge in [0.1, 0.15) is 6.33 Å². The van der Waals surface area contributed by atoms with E-state index in [2.05, 4.69) is 32.6 Å². The van der Waals surface area contributed by atoms with Gasteiger partial charge in [-0.15, -0.1) is 0 Å². The third kappa shape index (κ3) is 2.38. The first kappa shape index (κ1) is 10.2. The average molecular weight is 310 g/mol. The summed E-state index contributed by atoms with van der Waals surface area (Å²) >= 11 is 2.17. The summed E-state index contributed by atoms with van der Waals surface area (Å²) in [6.07, 6.45) is 4.45. The number of halogens is 1. The van der Waals surface area contributed by atoms with E-state index in [-0.39, 0.29) is 5.78 Å². The normalized spacial score (nSPS) is 9.93. The smallest absolute Gasteiger partial charge is 0.196 e. The van der Waals surface area contributed by atoms with Crippen LogP contribution in [0.3, 0.4) is 0 Å². The topological polar surface area (TPSA) is 42.9 Å². The Morgan fingerprint density at radius 2 is 1.87 bits per heavy atom. The molecule has 1 aromatic heterocycles. The zero-order valence-electron chi connectivity index (χ0n) is 7.72. The monoisotopic (exact) mass is 310 g/mol. The van der Waals surface area contributed by atoms with Crippen molar-refractivity contribution < 1.29 is 4.79 Å². The Hall–Kier alpha value is -1.30. The SMILES string of the molecule is O=C(c1cncnc1)c1cccc(I)c1. The molecule has 15 heavy (non-hydrogen) atoms. The van der Waals surface area contributed by atoms with Gasteiger partial charge in [0.05, 0.1) is 5.56 Å². The molecular weight excluding hydrogens is 303 g/mol. The molecule has 0 aliphatic rings. The predicted octanol–water partition coefficient (Wildman–Crippen LogP) is 2.31. The third-order valence-corrected chi connectivity index (χ3v) is 2.58. The maximum atomic E-state index is 11.9. The molecule has 0 saturated heterocycles. The van der Waals surface area contributed by atoms with Crippen LogP contribution >= 0.6 is 22.6 Å². The van der Waals surface area contributed by atoms with Crippen molar-refractivity contribution in [2.45, 2.75) is 0 Å². The van der Waals surface area contributed by atoms with Gasteiger partial charge in [0.25, 0.3) is 0 Å². The maximum absolute atomic E-state index is 11.9. The molecule has 3 nitrogen and oxygen atoms in total. The van der Waals surface area contributed by atoms with Gasteiger partial charge in [0, 0.05) is 21.5 Å². The van der Waals surface area contributed by atoms with E-state index in [4.69, 9.17) is 0 Å². The Balaban J connectivity index is 2.37. The van der Waals surface area contributed by atoms with Gasteiger partial charge in [0.2, 0.25) is 0 Å². The first-order chi connectivity index (χ1) is 7.27. The Labute approximate surface area is 101 Å². The summed E-state index contributed by atoms with van der Waals surface area (Å²) in [5.74, 6) is -0.0471. The zero-order chi connectivity index (χ0) is 10.7. The molecule has 0 fully saturated rings. The molecule has 1 aromatic carbocycles. The van der Waals surface area contributed by atoms with Crippen molar-refractivity contribution in [2.24, 2.45) is 0 Å². The van der Waals surface area contributed by atoms with E-state index in [0.29, 0.717) is 11.1 Å². The molecule has 0 spiro atoms. The highest BCUT2D eigenvalue weighted by Gasteiger charge is 2.08. The fourth-order valence-electron chi connectivity index (χ4n) is 1.21. The van der Waals surface area contributed by atoms with Crippen LogP contribution in [0.25, 0.3) is 0 Å². The van der Waals surface area contributed by atoms with Crippen LogP contribution in [0.5, 0.6) is 0 Å². The van der Waals surface area contributed by atoms with Gasteiger partial charge in [-0.1, -0.05) is 12.1 Å². The van der Waals surface area contributed by atoms with E-state index >= 15 is 0 Å². The van der Waals surface area contributed by atoms with Crippen molar-refractivity contribution in [3.8, 4) is 0 Å². The molecule has 0 N–H and O–H groups in total.